The Bertz CT molecular complexity index is 116. The van der Waals surface area contributed by atoms with Crippen molar-refractivity contribution in [3.63, 3.8) is 0 Å². The first-order chi connectivity index (χ1) is 6.81. The fraction of sp³-hybridized carbons (Fsp3) is 1.00. The number of nitrogens with one attached hydrogen (secondary N) is 1. The average Bonchev–Trinajstić information content (AvgIpc) is 2.17. The van der Waals surface area contributed by atoms with Gasteiger partial charge in [-0.2, -0.15) is 11.8 Å². The third-order valence-corrected chi connectivity index (χ3v) is 3.16. The number of halogens is 1. The van der Waals surface area contributed by atoms with Crippen molar-refractivity contribution in [3.8, 4) is 0 Å². The molecule has 0 rings (SSSR count). The molecule has 0 bridgehead atoms. The Balaban J connectivity index is 2.98. The molecule has 14 heavy (non-hydrogen) atoms. The van der Waals surface area contributed by atoms with Gasteiger partial charge in [0, 0.05) is 7.11 Å². The summed E-state index contributed by atoms with van der Waals surface area (Å²) in [6, 6.07) is 0. The molecule has 1 N–H and O–H groups in total. The van der Waals surface area contributed by atoms with Gasteiger partial charge in [-0.3, -0.25) is 0 Å². The molecule has 0 fully saturated rings. The van der Waals surface area contributed by atoms with Crippen LogP contribution in [0, 0.1) is 0 Å². The fourth-order valence-corrected chi connectivity index (χ4v) is 1.96. The SMILES string of the molecule is CCSCCCNCCC(Cl)COC. The van der Waals surface area contributed by atoms with E-state index in [-0.39, 0.29) is 5.38 Å². The van der Waals surface area contributed by atoms with Gasteiger partial charge in [0.2, 0.25) is 0 Å². The first kappa shape index (κ1) is 14.6. The maximum Gasteiger partial charge on any atom is 0.0626 e. The fourth-order valence-electron chi connectivity index (χ4n) is 1.09. The molecule has 1 unspecified atom stereocenters. The number of ether oxygens (including phenoxy) is 1. The van der Waals surface area contributed by atoms with E-state index in [4.69, 9.17) is 16.3 Å². The predicted molar refractivity (Wildman–Crippen MR) is 66.6 cm³/mol. The number of hydrogen-bond donors (Lipinski definition) is 1. The maximum absolute atomic E-state index is 5.97. The second-order valence-electron chi connectivity index (χ2n) is 3.14. The molecule has 86 valence electrons. The summed E-state index contributed by atoms with van der Waals surface area (Å²) < 4.78 is 4.95. The van der Waals surface area contributed by atoms with Gasteiger partial charge >= 0.3 is 0 Å². The topological polar surface area (TPSA) is 21.3 Å². The predicted octanol–water partition coefficient (Wildman–Crippen LogP) is 2.36. The van der Waals surface area contributed by atoms with Crippen molar-refractivity contribution in [2.75, 3.05) is 38.3 Å². The van der Waals surface area contributed by atoms with E-state index < -0.39 is 0 Å². The summed E-state index contributed by atoms with van der Waals surface area (Å²) in [7, 11) is 1.69. The number of thioether (sulfide) groups is 1. The molecular weight excluding hydrogens is 218 g/mol. The second-order valence-corrected chi connectivity index (χ2v) is 5.15. The van der Waals surface area contributed by atoms with Crippen molar-refractivity contribution < 1.29 is 4.74 Å². The summed E-state index contributed by atoms with van der Waals surface area (Å²) in [6.07, 6.45) is 2.23. The zero-order valence-corrected chi connectivity index (χ0v) is 10.8. The third kappa shape index (κ3) is 10.6. The van der Waals surface area contributed by atoms with Crippen molar-refractivity contribution >= 4 is 23.4 Å². The highest BCUT2D eigenvalue weighted by molar-refractivity contribution is 7.99. The minimum absolute atomic E-state index is 0.150. The highest BCUT2D eigenvalue weighted by atomic mass is 35.5. The molecule has 2 nitrogen and oxygen atoms in total. The lowest BCUT2D eigenvalue weighted by atomic mass is 10.3. The monoisotopic (exact) mass is 239 g/mol. The van der Waals surface area contributed by atoms with Crippen LogP contribution in [0.5, 0.6) is 0 Å². The van der Waals surface area contributed by atoms with Crippen LogP contribution >= 0.6 is 23.4 Å². The summed E-state index contributed by atoms with van der Waals surface area (Å²) in [5.41, 5.74) is 0. The normalized spacial score (nSPS) is 13.1. The average molecular weight is 240 g/mol. The lowest BCUT2D eigenvalue weighted by molar-refractivity contribution is 0.195. The van der Waals surface area contributed by atoms with E-state index in [9.17, 15) is 0 Å². The second kappa shape index (κ2) is 11.6. The van der Waals surface area contributed by atoms with E-state index in [2.05, 4.69) is 12.2 Å². The van der Waals surface area contributed by atoms with Crippen molar-refractivity contribution in [3.05, 3.63) is 0 Å². The van der Waals surface area contributed by atoms with Crippen LogP contribution in [0.2, 0.25) is 0 Å². The smallest absolute Gasteiger partial charge is 0.0626 e. The third-order valence-electron chi connectivity index (χ3n) is 1.83. The number of hydrogen-bond acceptors (Lipinski definition) is 3. The summed E-state index contributed by atoms with van der Waals surface area (Å²) in [4.78, 5) is 0. The summed E-state index contributed by atoms with van der Waals surface area (Å²) in [6.45, 7) is 4.94. The molecule has 0 aliphatic rings. The maximum atomic E-state index is 5.97. The summed E-state index contributed by atoms with van der Waals surface area (Å²) >= 11 is 7.97. The van der Waals surface area contributed by atoms with Gasteiger partial charge in [-0.15, -0.1) is 11.6 Å². The molecule has 0 aromatic rings. The summed E-state index contributed by atoms with van der Waals surface area (Å²) in [5, 5.41) is 3.53. The molecule has 0 aromatic heterocycles. The van der Waals surface area contributed by atoms with Gasteiger partial charge in [-0.05, 0) is 37.4 Å². The molecule has 0 amide bonds. The first-order valence-corrected chi connectivity index (χ1v) is 6.81. The van der Waals surface area contributed by atoms with Crippen LogP contribution in [0.3, 0.4) is 0 Å². The molecular formula is C10H22ClNOS. The Hall–Kier alpha value is 0.560. The van der Waals surface area contributed by atoms with Gasteiger partial charge in [0.25, 0.3) is 0 Å². The van der Waals surface area contributed by atoms with Crippen molar-refractivity contribution in [1.82, 2.24) is 5.32 Å². The molecule has 0 aliphatic carbocycles. The van der Waals surface area contributed by atoms with E-state index in [1.807, 2.05) is 11.8 Å². The molecule has 1 atom stereocenters. The standard InChI is InChI=1S/C10H22ClNOS/c1-3-14-8-4-6-12-7-5-10(11)9-13-2/h10,12H,3-9H2,1-2H3. The van der Waals surface area contributed by atoms with Crippen LogP contribution in [-0.4, -0.2) is 43.7 Å². The lowest BCUT2D eigenvalue weighted by Crippen LogP contribution is -2.21. The molecule has 0 spiro atoms. The minimum Gasteiger partial charge on any atom is -0.383 e. The van der Waals surface area contributed by atoms with Crippen molar-refractivity contribution in [2.45, 2.75) is 25.1 Å². The van der Waals surface area contributed by atoms with Crippen LogP contribution in [0.25, 0.3) is 0 Å². The van der Waals surface area contributed by atoms with E-state index in [1.165, 1.54) is 17.9 Å². The first-order valence-electron chi connectivity index (χ1n) is 5.22. The largest absolute Gasteiger partial charge is 0.383 e. The van der Waals surface area contributed by atoms with E-state index in [0.717, 1.165) is 19.5 Å². The molecule has 0 heterocycles. The number of rotatable bonds is 10. The quantitative estimate of drug-likeness (QED) is 0.467. The number of methoxy groups -OCH3 is 1. The molecule has 0 aliphatic heterocycles. The van der Waals surface area contributed by atoms with Gasteiger partial charge in [0.15, 0.2) is 0 Å². The van der Waals surface area contributed by atoms with Crippen LogP contribution in [0.4, 0.5) is 0 Å². The minimum atomic E-state index is 0.150. The Morgan fingerprint density at radius 3 is 2.86 bits per heavy atom. The van der Waals surface area contributed by atoms with Gasteiger partial charge in [0.1, 0.15) is 0 Å². The van der Waals surface area contributed by atoms with Crippen LogP contribution in [0.15, 0.2) is 0 Å². The van der Waals surface area contributed by atoms with Crippen molar-refractivity contribution in [1.29, 1.82) is 0 Å². The zero-order valence-electron chi connectivity index (χ0n) is 9.22. The Labute approximate surface area is 97.1 Å². The summed E-state index contributed by atoms with van der Waals surface area (Å²) in [5.74, 6) is 2.48. The molecule has 4 heteroatoms. The van der Waals surface area contributed by atoms with Crippen LogP contribution < -0.4 is 5.32 Å². The van der Waals surface area contributed by atoms with Gasteiger partial charge in [0.05, 0.1) is 12.0 Å². The molecule has 0 aromatic carbocycles. The van der Waals surface area contributed by atoms with Crippen molar-refractivity contribution in [2.24, 2.45) is 0 Å². The number of alkyl halides is 1. The zero-order chi connectivity index (χ0) is 10.6. The Morgan fingerprint density at radius 2 is 2.21 bits per heavy atom. The molecule has 0 saturated heterocycles. The molecule has 0 radical (unpaired) electrons. The van der Waals surface area contributed by atoms with Gasteiger partial charge in [-0.1, -0.05) is 6.92 Å². The van der Waals surface area contributed by atoms with E-state index in [0.29, 0.717) is 6.61 Å². The van der Waals surface area contributed by atoms with Gasteiger partial charge < -0.3 is 10.1 Å². The Morgan fingerprint density at radius 1 is 1.43 bits per heavy atom. The highest BCUT2D eigenvalue weighted by Crippen LogP contribution is 2.01. The highest BCUT2D eigenvalue weighted by Gasteiger charge is 2.01. The lowest BCUT2D eigenvalue weighted by Gasteiger charge is -2.08. The van der Waals surface area contributed by atoms with Gasteiger partial charge in [-0.25, -0.2) is 0 Å². The van der Waals surface area contributed by atoms with E-state index >= 15 is 0 Å². The Kier molecular flexibility index (Phi) is 12.1. The van der Waals surface area contributed by atoms with Crippen LogP contribution in [0.1, 0.15) is 19.8 Å². The van der Waals surface area contributed by atoms with E-state index in [1.54, 1.807) is 7.11 Å². The van der Waals surface area contributed by atoms with Crippen LogP contribution in [-0.2, 0) is 4.74 Å². The molecule has 0 saturated carbocycles.